The van der Waals surface area contributed by atoms with Crippen molar-refractivity contribution < 1.29 is 0 Å². The number of allylic oxidation sites excluding steroid dienone is 1. The van der Waals surface area contributed by atoms with Crippen LogP contribution in [0.2, 0.25) is 0 Å². The molecule has 0 atom stereocenters. The lowest BCUT2D eigenvalue weighted by atomic mass is 10.2. The maximum atomic E-state index is 3.79. The quantitative estimate of drug-likeness (QED) is 0.639. The summed E-state index contributed by atoms with van der Waals surface area (Å²) < 4.78 is 0. The minimum Gasteiger partial charge on any atom is -0.141 e. The monoisotopic (exact) mass is 178 g/mol. The smallest absolute Gasteiger partial charge is 0.0339 e. The topological polar surface area (TPSA) is 0 Å². The van der Waals surface area contributed by atoms with Gasteiger partial charge in [0.2, 0.25) is 0 Å². The first-order valence-electron chi connectivity index (χ1n) is 4.01. The van der Waals surface area contributed by atoms with Gasteiger partial charge in [-0.15, -0.1) is 11.3 Å². The Labute approximate surface area is 78.2 Å². The van der Waals surface area contributed by atoms with Crippen LogP contribution in [-0.4, -0.2) is 0 Å². The van der Waals surface area contributed by atoms with Crippen LogP contribution in [0.1, 0.15) is 29.2 Å². The number of rotatable bonds is 2. The summed E-state index contributed by atoms with van der Waals surface area (Å²) in [6, 6.07) is 2.20. The molecule has 0 aliphatic rings. The molecule has 0 N–H and O–H groups in total. The van der Waals surface area contributed by atoms with Gasteiger partial charge in [0.05, 0.1) is 0 Å². The van der Waals surface area contributed by atoms with Gasteiger partial charge in [0, 0.05) is 9.75 Å². The molecule has 64 valence electrons. The first-order chi connectivity index (χ1) is 5.63. The molecular formula is C11H14S. The SMILES string of the molecule is C=Cc1sc(C)cc1C=C(C)C. The summed E-state index contributed by atoms with van der Waals surface area (Å²) >= 11 is 1.79. The second-order valence-electron chi connectivity index (χ2n) is 3.10. The summed E-state index contributed by atoms with van der Waals surface area (Å²) in [7, 11) is 0. The van der Waals surface area contributed by atoms with Gasteiger partial charge >= 0.3 is 0 Å². The summed E-state index contributed by atoms with van der Waals surface area (Å²) in [6.07, 6.45) is 4.12. The third-order valence-corrected chi connectivity index (χ3v) is 2.61. The van der Waals surface area contributed by atoms with Gasteiger partial charge in [-0.1, -0.05) is 24.3 Å². The zero-order valence-electron chi connectivity index (χ0n) is 7.85. The Bertz CT molecular complexity index is 312. The third kappa shape index (κ3) is 2.08. The summed E-state index contributed by atoms with van der Waals surface area (Å²) in [5.74, 6) is 0. The van der Waals surface area contributed by atoms with Crippen LogP contribution in [0.15, 0.2) is 18.2 Å². The van der Waals surface area contributed by atoms with Crippen LogP contribution in [0.4, 0.5) is 0 Å². The van der Waals surface area contributed by atoms with Crippen molar-refractivity contribution in [3.05, 3.63) is 33.5 Å². The Balaban J connectivity index is 3.13. The molecule has 0 saturated carbocycles. The number of thiophene rings is 1. The highest BCUT2D eigenvalue weighted by molar-refractivity contribution is 7.13. The van der Waals surface area contributed by atoms with Crippen LogP contribution in [0.25, 0.3) is 12.2 Å². The highest BCUT2D eigenvalue weighted by Gasteiger charge is 1.99. The molecule has 1 rings (SSSR count). The van der Waals surface area contributed by atoms with E-state index in [1.807, 2.05) is 6.08 Å². The minimum absolute atomic E-state index is 1.27. The Morgan fingerprint density at radius 3 is 2.67 bits per heavy atom. The molecule has 0 bridgehead atoms. The summed E-state index contributed by atoms with van der Waals surface area (Å²) in [6.45, 7) is 10.1. The molecule has 0 saturated heterocycles. The Morgan fingerprint density at radius 1 is 1.50 bits per heavy atom. The molecule has 0 aliphatic carbocycles. The number of hydrogen-bond acceptors (Lipinski definition) is 1. The van der Waals surface area contributed by atoms with Gasteiger partial charge in [-0.2, -0.15) is 0 Å². The minimum atomic E-state index is 1.27. The van der Waals surface area contributed by atoms with Crippen LogP contribution in [0.3, 0.4) is 0 Å². The third-order valence-electron chi connectivity index (χ3n) is 1.54. The molecule has 0 fully saturated rings. The van der Waals surface area contributed by atoms with Gasteiger partial charge in [0.15, 0.2) is 0 Å². The molecular weight excluding hydrogens is 164 g/mol. The normalized spacial score (nSPS) is 9.58. The zero-order valence-corrected chi connectivity index (χ0v) is 8.66. The van der Waals surface area contributed by atoms with Crippen molar-refractivity contribution in [1.82, 2.24) is 0 Å². The number of hydrogen-bond donors (Lipinski definition) is 0. The molecule has 0 unspecified atom stereocenters. The van der Waals surface area contributed by atoms with Crippen molar-refractivity contribution in [2.24, 2.45) is 0 Å². The number of aryl methyl sites for hydroxylation is 1. The lowest BCUT2D eigenvalue weighted by Gasteiger charge is -1.91. The predicted octanol–water partition coefficient (Wildman–Crippen LogP) is 4.12. The van der Waals surface area contributed by atoms with E-state index in [-0.39, 0.29) is 0 Å². The van der Waals surface area contributed by atoms with E-state index in [0.29, 0.717) is 0 Å². The molecule has 0 radical (unpaired) electrons. The molecule has 1 aromatic heterocycles. The van der Waals surface area contributed by atoms with E-state index < -0.39 is 0 Å². The average molecular weight is 178 g/mol. The second-order valence-corrected chi connectivity index (χ2v) is 4.39. The van der Waals surface area contributed by atoms with Crippen molar-refractivity contribution >= 4 is 23.5 Å². The Kier molecular flexibility index (Phi) is 2.88. The van der Waals surface area contributed by atoms with Gasteiger partial charge in [-0.25, -0.2) is 0 Å². The largest absolute Gasteiger partial charge is 0.141 e. The summed E-state index contributed by atoms with van der Waals surface area (Å²) in [5, 5.41) is 0. The first-order valence-corrected chi connectivity index (χ1v) is 4.83. The van der Waals surface area contributed by atoms with Crippen molar-refractivity contribution in [3.8, 4) is 0 Å². The van der Waals surface area contributed by atoms with Crippen LogP contribution >= 0.6 is 11.3 Å². The molecule has 1 aromatic rings. The van der Waals surface area contributed by atoms with Crippen LogP contribution < -0.4 is 0 Å². The van der Waals surface area contributed by atoms with E-state index in [0.717, 1.165) is 0 Å². The molecule has 0 spiro atoms. The summed E-state index contributed by atoms with van der Waals surface area (Å²) in [4.78, 5) is 2.62. The van der Waals surface area contributed by atoms with E-state index in [1.54, 1.807) is 11.3 Å². The molecule has 0 aromatic carbocycles. The fourth-order valence-electron chi connectivity index (χ4n) is 1.14. The van der Waals surface area contributed by atoms with Gasteiger partial charge in [-0.05, 0) is 32.4 Å². The summed E-state index contributed by atoms with van der Waals surface area (Å²) in [5.41, 5.74) is 2.63. The Morgan fingerprint density at radius 2 is 2.17 bits per heavy atom. The molecule has 1 heteroatoms. The van der Waals surface area contributed by atoms with Crippen LogP contribution in [-0.2, 0) is 0 Å². The lowest BCUT2D eigenvalue weighted by Crippen LogP contribution is -1.70. The second kappa shape index (κ2) is 3.72. The molecule has 0 aliphatic heterocycles. The standard InChI is InChI=1S/C11H14S/c1-5-11-10(6-8(2)3)7-9(4)12-11/h5-7H,1H2,2-4H3. The van der Waals surface area contributed by atoms with Crippen molar-refractivity contribution in [2.45, 2.75) is 20.8 Å². The molecule has 12 heavy (non-hydrogen) atoms. The molecule has 1 heterocycles. The predicted molar refractivity (Wildman–Crippen MR) is 58.5 cm³/mol. The van der Waals surface area contributed by atoms with Crippen molar-refractivity contribution in [1.29, 1.82) is 0 Å². The van der Waals surface area contributed by atoms with E-state index in [9.17, 15) is 0 Å². The van der Waals surface area contributed by atoms with E-state index in [1.165, 1.54) is 20.9 Å². The van der Waals surface area contributed by atoms with Crippen LogP contribution in [0, 0.1) is 6.92 Å². The fraction of sp³-hybridized carbons (Fsp3) is 0.273. The molecule has 0 amide bonds. The van der Waals surface area contributed by atoms with Crippen LogP contribution in [0.5, 0.6) is 0 Å². The van der Waals surface area contributed by atoms with Crippen molar-refractivity contribution in [2.75, 3.05) is 0 Å². The van der Waals surface area contributed by atoms with Gasteiger partial charge < -0.3 is 0 Å². The fourth-order valence-corrected chi connectivity index (χ4v) is 1.99. The van der Waals surface area contributed by atoms with Gasteiger partial charge in [0.1, 0.15) is 0 Å². The van der Waals surface area contributed by atoms with E-state index in [4.69, 9.17) is 0 Å². The van der Waals surface area contributed by atoms with E-state index in [2.05, 4.69) is 39.5 Å². The Hall–Kier alpha value is -0.820. The van der Waals surface area contributed by atoms with Gasteiger partial charge in [0.25, 0.3) is 0 Å². The van der Waals surface area contributed by atoms with Gasteiger partial charge in [-0.3, -0.25) is 0 Å². The highest BCUT2D eigenvalue weighted by Crippen LogP contribution is 2.24. The lowest BCUT2D eigenvalue weighted by molar-refractivity contribution is 1.42. The maximum absolute atomic E-state index is 3.79. The first kappa shape index (κ1) is 9.27. The maximum Gasteiger partial charge on any atom is 0.0339 e. The van der Waals surface area contributed by atoms with Crippen molar-refractivity contribution in [3.63, 3.8) is 0 Å². The van der Waals surface area contributed by atoms with E-state index >= 15 is 0 Å². The molecule has 0 nitrogen and oxygen atoms in total. The zero-order chi connectivity index (χ0) is 9.14. The highest BCUT2D eigenvalue weighted by atomic mass is 32.1. The average Bonchev–Trinajstić information content (AvgIpc) is 2.29.